The van der Waals surface area contributed by atoms with Crippen LogP contribution >= 0.6 is 0 Å². The molecule has 2 aromatic rings. The largest absolute Gasteiger partial charge is 0.363 e. The molecule has 1 aliphatic rings. The van der Waals surface area contributed by atoms with Gasteiger partial charge in [0.1, 0.15) is 0 Å². The predicted molar refractivity (Wildman–Crippen MR) is 76.6 cm³/mol. The minimum atomic E-state index is -0.394. The molecule has 1 fully saturated rings. The zero-order valence-electron chi connectivity index (χ0n) is 11.2. The van der Waals surface area contributed by atoms with Gasteiger partial charge in [0.05, 0.1) is 6.20 Å². The van der Waals surface area contributed by atoms with Crippen molar-refractivity contribution in [3.8, 4) is 0 Å². The van der Waals surface area contributed by atoms with Crippen LogP contribution in [0.2, 0.25) is 0 Å². The van der Waals surface area contributed by atoms with Crippen molar-refractivity contribution < 1.29 is 0 Å². The third-order valence-corrected chi connectivity index (χ3v) is 3.50. The van der Waals surface area contributed by atoms with Gasteiger partial charge >= 0.3 is 5.69 Å². The summed E-state index contributed by atoms with van der Waals surface area (Å²) < 4.78 is 0. The molecule has 1 aliphatic heterocycles. The van der Waals surface area contributed by atoms with Crippen molar-refractivity contribution in [3.63, 3.8) is 0 Å². The maximum absolute atomic E-state index is 11.2. The van der Waals surface area contributed by atoms with Crippen LogP contribution in [0.5, 0.6) is 0 Å². The number of H-pyrrole nitrogens is 1. The molecular formula is C14H17N5O. The van der Waals surface area contributed by atoms with Crippen molar-refractivity contribution in [1.29, 1.82) is 0 Å². The van der Waals surface area contributed by atoms with Gasteiger partial charge in [-0.05, 0) is 5.56 Å². The predicted octanol–water partition coefficient (Wildman–Crippen LogP) is 0.487. The fourth-order valence-corrected chi connectivity index (χ4v) is 2.43. The quantitative estimate of drug-likeness (QED) is 0.880. The highest BCUT2D eigenvalue weighted by Crippen LogP contribution is 2.12. The van der Waals surface area contributed by atoms with Crippen molar-refractivity contribution in [2.45, 2.75) is 6.54 Å². The van der Waals surface area contributed by atoms with Crippen LogP contribution in [0.25, 0.3) is 0 Å². The Morgan fingerprint density at radius 3 is 2.55 bits per heavy atom. The molecule has 0 amide bonds. The third kappa shape index (κ3) is 3.03. The number of aromatic amines is 1. The summed E-state index contributed by atoms with van der Waals surface area (Å²) in [7, 11) is 0. The average molecular weight is 271 g/mol. The van der Waals surface area contributed by atoms with E-state index in [1.807, 2.05) is 6.07 Å². The molecule has 3 rings (SSSR count). The summed E-state index contributed by atoms with van der Waals surface area (Å²) in [5, 5.41) is 6.09. The highest BCUT2D eigenvalue weighted by Gasteiger charge is 2.18. The summed E-state index contributed by atoms with van der Waals surface area (Å²) in [5.74, 6) is 0.660. The Labute approximate surface area is 117 Å². The molecule has 0 radical (unpaired) electrons. The molecule has 1 aromatic carbocycles. The average Bonchev–Trinajstić information content (AvgIpc) is 2.49. The minimum Gasteiger partial charge on any atom is -0.353 e. The van der Waals surface area contributed by atoms with E-state index in [9.17, 15) is 4.79 Å². The molecule has 0 aliphatic carbocycles. The van der Waals surface area contributed by atoms with Crippen LogP contribution in [0.15, 0.2) is 41.3 Å². The van der Waals surface area contributed by atoms with Gasteiger partial charge in [-0.3, -0.25) is 4.90 Å². The first kappa shape index (κ1) is 12.8. The maximum atomic E-state index is 11.2. The molecule has 104 valence electrons. The molecule has 0 unspecified atom stereocenters. The highest BCUT2D eigenvalue weighted by molar-refractivity contribution is 5.35. The summed E-state index contributed by atoms with van der Waals surface area (Å²) in [6.45, 7) is 4.62. The van der Waals surface area contributed by atoms with Crippen LogP contribution in [0, 0.1) is 0 Å². The lowest BCUT2D eigenvalue weighted by Gasteiger charge is -2.35. The number of nitrogens with zero attached hydrogens (tertiary/aromatic N) is 4. The van der Waals surface area contributed by atoms with E-state index in [2.05, 4.69) is 49.2 Å². The molecule has 0 atom stereocenters. The van der Waals surface area contributed by atoms with Gasteiger partial charge in [0, 0.05) is 32.7 Å². The van der Waals surface area contributed by atoms with Gasteiger partial charge in [-0.25, -0.2) is 9.89 Å². The number of nitrogens with one attached hydrogen (secondary N) is 1. The van der Waals surface area contributed by atoms with Crippen LogP contribution < -0.4 is 10.6 Å². The molecule has 0 bridgehead atoms. The Morgan fingerprint density at radius 1 is 1.10 bits per heavy atom. The fraction of sp³-hybridized carbons (Fsp3) is 0.357. The SMILES string of the molecule is O=c1nc(N2CCN(Cc3ccccc3)CC2)cn[nH]1. The normalized spacial score (nSPS) is 16.3. The van der Waals surface area contributed by atoms with E-state index in [4.69, 9.17) is 0 Å². The van der Waals surface area contributed by atoms with Crippen LogP contribution in [0.4, 0.5) is 5.82 Å². The van der Waals surface area contributed by atoms with Crippen molar-refractivity contribution in [3.05, 3.63) is 52.6 Å². The molecule has 0 saturated carbocycles. The maximum Gasteiger partial charge on any atom is 0.363 e. The van der Waals surface area contributed by atoms with Gasteiger partial charge in [0.25, 0.3) is 0 Å². The van der Waals surface area contributed by atoms with E-state index in [0.29, 0.717) is 5.82 Å². The zero-order valence-corrected chi connectivity index (χ0v) is 11.2. The number of hydrogen-bond donors (Lipinski definition) is 1. The molecular weight excluding hydrogens is 254 g/mol. The van der Waals surface area contributed by atoms with Crippen LogP contribution in [-0.4, -0.2) is 46.3 Å². The summed E-state index contributed by atoms with van der Waals surface area (Å²) in [6, 6.07) is 10.5. The van der Waals surface area contributed by atoms with E-state index in [-0.39, 0.29) is 0 Å². The van der Waals surface area contributed by atoms with Gasteiger partial charge < -0.3 is 4.90 Å². The topological polar surface area (TPSA) is 65.1 Å². The summed E-state index contributed by atoms with van der Waals surface area (Å²) in [5.41, 5.74) is 0.936. The lowest BCUT2D eigenvalue weighted by Crippen LogP contribution is -2.46. The van der Waals surface area contributed by atoms with Crippen molar-refractivity contribution in [2.24, 2.45) is 0 Å². The number of aromatic nitrogens is 3. The van der Waals surface area contributed by atoms with Crippen LogP contribution in [-0.2, 0) is 6.54 Å². The van der Waals surface area contributed by atoms with Gasteiger partial charge in [-0.2, -0.15) is 10.1 Å². The van der Waals surface area contributed by atoms with E-state index >= 15 is 0 Å². The number of hydrogen-bond acceptors (Lipinski definition) is 5. The third-order valence-electron chi connectivity index (χ3n) is 3.50. The van der Waals surface area contributed by atoms with E-state index in [0.717, 1.165) is 32.7 Å². The van der Waals surface area contributed by atoms with Crippen LogP contribution in [0.3, 0.4) is 0 Å². The Kier molecular flexibility index (Phi) is 3.73. The lowest BCUT2D eigenvalue weighted by atomic mass is 10.2. The molecule has 1 N–H and O–H groups in total. The van der Waals surface area contributed by atoms with Crippen molar-refractivity contribution in [1.82, 2.24) is 20.1 Å². The highest BCUT2D eigenvalue weighted by atomic mass is 16.1. The first-order valence-corrected chi connectivity index (χ1v) is 6.74. The Balaban J connectivity index is 1.58. The van der Waals surface area contributed by atoms with Gasteiger partial charge in [0.2, 0.25) is 0 Å². The summed E-state index contributed by atoms with van der Waals surface area (Å²) in [6.07, 6.45) is 1.61. The molecule has 0 spiro atoms. The smallest absolute Gasteiger partial charge is 0.353 e. The fourth-order valence-electron chi connectivity index (χ4n) is 2.43. The van der Waals surface area contributed by atoms with Crippen molar-refractivity contribution in [2.75, 3.05) is 31.1 Å². The number of rotatable bonds is 3. The Bertz CT molecular complexity index is 604. The van der Waals surface area contributed by atoms with Gasteiger partial charge in [0.15, 0.2) is 5.82 Å². The van der Waals surface area contributed by atoms with E-state index in [1.165, 1.54) is 5.56 Å². The first-order chi connectivity index (χ1) is 9.81. The number of benzene rings is 1. The molecule has 1 aromatic heterocycles. The van der Waals surface area contributed by atoms with Gasteiger partial charge in [-0.1, -0.05) is 30.3 Å². The number of piperazine rings is 1. The Morgan fingerprint density at radius 2 is 1.85 bits per heavy atom. The monoisotopic (exact) mass is 271 g/mol. The molecule has 20 heavy (non-hydrogen) atoms. The van der Waals surface area contributed by atoms with E-state index < -0.39 is 5.69 Å². The Hall–Kier alpha value is -2.21. The standard InChI is InChI=1S/C14H17N5O/c20-14-16-13(10-15-17-14)19-8-6-18(7-9-19)11-12-4-2-1-3-5-12/h1-5,10H,6-9,11H2,(H,16,17,20). The van der Waals surface area contributed by atoms with E-state index in [1.54, 1.807) is 6.20 Å². The minimum absolute atomic E-state index is 0.394. The summed E-state index contributed by atoms with van der Waals surface area (Å²) >= 11 is 0. The lowest BCUT2D eigenvalue weighted by molar-refractivity contribution is 0.249. The second kappa shape index (κ2) is 5.83. The second-order valence-electron chi connectivity index (χ2n) is 4.89. The molecule has 1 saturated heterocycles. The van der Waals surface area contributed by atoms with Crippen LogP contribution in [0.1, 0.15) is 5.56 Å². The molecule has 2 heterocycles. The molecule has 6 nitrogen and oxygen atoms in total. The van der Waals surface area contributed by atoms with Gasteiger partial charge in [-0.15, -0.1) is 0 Å². The van der Waals surface area contributed by atoms with Crippen molar-refractivity contribution >= 4 is 5.82 Å². The second-order valence-corrected chi connectivity index (χ2v) is 4.89. The molecule has 6 heteroatoms. The zero-order chi connectivity index (χ0) is 13.8. The number of anilines is 1. The first-order valence-electron chi connectivity index (χ1n) is 6.74. The summed E-state index contributed by atoms with van der Waals surface area (Å²) in [4.78, 5) is 19.6.